The fraction of sp³-hybridized carbons (Fsp3) is 0.455. The lowest BCUT2D eigenvalue weighted by molar-refractivity contribution is 0.0683. The van der Waals surface area contributed by atoms with Gasteiger partial charge in [-0.25, -0.2) is 28.5 Å². The van der Waals surface area contributed by atoms with Crippen molar-refractivity contribution in [2.45, 2.75) is 91.5 Å². The fourth-order valence-corrected chi connectivity index (χ4v) is 5.13. The molecule has 0 aliphatic carbocycles. The predicted molar refractivity (Wildman–Crippen MR) is 174 cm³/mol. The zero-order valence-corrected chi connectivity index (χ0v) is 27.2. The molecule has 5 aromatic heterocycles. The average molecular weight is 650 g/mol. The molecule has 0 spiro atoms. The van der Waals surface area contributed by atoms with Crippen LogP contribution in [-0.4, -0.2) is 62.5 Å². The molecule has 0 atom stereocenters. The smallest absolute Gasteiger partial charge is 0.375 e. The summed E-state index contributed by atoms with van der Waals surface area (Å²) in [5.41, 5.74) is 2.76. The number of alkyl halides is 2. The number of aryl methyl sites for hydroxylation is 1. The first-order valence-corrected chi connectivity index (χ1v) is 15.9. The Balaban J connectivity index is 0.000000261. The third-order valence-corrected chi connectivity index (χ3v) is 7.54. The van der Waals surface area contributed by atoms with Crippen molar-refractivity contribution < 1.29 is 23.5 Å². The van der Waals surface area contributed by atoms with Crippen LogP contribution < -0.4 is 5.32 Å². The highest BCUT2D eigenvalue weighted by Crippen LogP contribution is 2.25. The van der Waals surface area contributed by atoms with E-state index in [0.717, 1.165) is 40.3 Å². The van der Waals surface area contributed by atoms with Crippen molar-refractivity contribution in [2.24, 2.45) is 0 Å². The molecule has 0 fully saturated rings. The number of anilines is 1. The van der Waals surface area contributed by atoms with Gasteiger partial charge in [-0.2, -0.15) is 9.50 Å². The number of hydrogen-bond donors (Lipinski definition) is 2. The molecule has 0 aromatic carbocycles. The molecule has 5 heterocycles. The highest BCUT2D eigenvalue weighted by molar-refractivity contribution is 6.16. The quantitative estimate of drug-likeness (QED) is 0.0875. The molecule has 0 saturated heterocycles. The first kappa shape index (κ1) is 35.0. The Bertz CT molecular complexity index is 1800. The highest BCUT2D eigenvalue weighted by Gasteiger charge is 2.20. The molecule has 0 unspecified atom stereocenters. The Labute approximate surface area is 271 Å². The average Bonchev–Trinajstić information content (AvgIpc) is 3.66. The Kier molecular flexibility index (Phi) is 12.4. The number of aromatic nitrogens is 8. The van der Waals surface area contributed by atoms with Crippen molar-refractivity contribution in [1.82, 2.24) is 39.1 Å². The zero-order valence-electron chi connectivity index (χ0n) is 27.2. The van der Waals surface area contributed by atoms with Crippen LogP contribution in [0.25, 0.3) is 16.8 Å². The minimum Gasteiger partial charge on any atom is -0.475 e. The van der Waals surface area contributed by atoms with Gasteiger partial charge in [-0.3, -0.25) is 9.78 Å². The summed E-state index contributed by atoms with van der Waals surface area (Å²) in [7, 11) is 0. The number of nitrogens with zero attached hydrogens (tertiary/aromatic N) is 8. The molecule has 5 aromatic rings. The molecule has 250 valence electrons. The second-order valence-corrected chi connectivity index (χ2v) is 11.6. The monoisotopic (exact) mass is 649 g/mol. The van der Waals surface area contributed by atoms with E-state index in [1.54, 1.807) is 18.6 Å². The maximum absolute atomic E-state index is 13.2. The van der Waals surface area contributed by atoms with Gasteiger partial charge in [0.05, 0.1) is 11.3 Å². The summed E-state index contributed by atoms with van der Waals surface area (Å²) < 4.78 is 28.0. The summed E-state index contributed by atoms with van der Waals surface area (Å²) >= 11 is 0. The van der Waals surface area contributed by atoms with E-state index in [9.17, 15) is 18.4 Å². The van der Waals surface area contributed by atoms with Crippen molar-refractivity contribution in [3.05, 3.63) is 71.6 Å². The van der Waals surface area contributed by atoms with Gasteiger partial charge < -0.3 is 15.0 Å². The first-order valence-electron chi connectivity index (χ1n) is 15.9. The number of pyridine rings is 1. The molecular weight excluding hydrogens is 608 g/mol. The van der Waals surface area contributed by atoms with E-state index in [0.29, 0.717) is 16.8 Å². The van der Waals surface area contributed by atoms with Crippen LogP contribution in [0.15, 0.2) is 43.2 Å². The Morgan fingerprint density at radius 2 is 1.68 bits per heavy atom. The predicted octanol–water partition coefficient (Wildman–Crippen LogP) is 7.26. The van der Waals surface area contributed by atoms with E-state index in [1.807, 2.05) is 16.8 Å². The van der Waals surface area contributed by atoms with Crippen LogP contribution in [0.2, 0.25) is 0 Å². The Morgan fingerprint density at radius 3 is 2.36 bits per heavy atom. The lowest BCUT2D eigenvalue weighted by Crippen LogP contribution is -2.06. The van der Waals surface area contributed by atoms with Crippen LogP contribution in [0, 0.1) is 6.92 Å². The standard InChI is InChI=1S/C25H35N5O.C8H6F2N4O2/c1-4-5-6-7-8-9-10-11-12-28-21-13-20(14-26-15-21)24(31)23-17-30(19(2)3)25-22(23)16-27-18-29-25;1-3-2-4(5(9)10)14-8(11-3)12-6(13-14)7(15)16/h13-19,28H,4-12H2,1-3H3;2,5H,1H3,(H,15,16). The summed E-state index contributed by atoms with van der Waals surface area (Å²) in [6, 6.07) is 3.23. The normalized spacial score (nSPS) is 11.3. The Hall–Kier alpha value is -4.88. The van der Waals surface area contributed by atoms with Gasteiger partial charge >= 0.3 is 5.97 Å². The third kappa shape index (κ3) is 9.11. The minimum atomic E-state index is -2.77. The minimum absolute atomic E-state index is 0.0533. The van der Waals surface area contributed by atoms with E-state index in [4.69, 9.17) is 5.11 Å². The van der Waals surface area contributed by atoms with Crippen molar-refractivity contribution in [3.8, 4) is 0 Å². The number of fused-ring (bicyclic) bond motifs is 2. The number of halogens is 2. The van der Waals surface area contributed by atoms with E-state index >= 15 is 0 Å². The maximum atomic E-state index is 13.2. The summed E-state index contributed by atoms with van der Waals surface area (Å²) in [6.07, 6.45) is 16.1. The number of ketones is 1. The van der Waals surface area contributed by atoms with Gasteiger partial charge in [-0.05, 0) is 39.3 Å². The number of carbonyl (C=O) groups excluding carboxylic acids is 1. The number of nitrogens with one attached hydrogen (secondary N) is 1. The molecule has 47 heavy (non-hydrogen) atoms. The fourth-order valence-electron chi connectivity index (χ4n) is 5.13. The second kappa shape index (κ2) is 16.6. The van der Waals surface area contributed by atoms with Gasteiger partial charge in [0, 0.05) is 54.0 Å². The molecule has 14 heteroatoms. The molecule has 0 aliphatic rings. The van der Waals surface area contributed by atoms with Gasteiger partial charge in [0.2, 0.25) is 0 Å². The first-order chi connectivity index (χ1) is 22.6. The van der Waals surface area contributed by atoms with Crippen molar-refractivity contribution in [3.63, 3.8) is 0 Å². The largest absolute Gasteiger partial charge is 0.475 e. The molecule has 0 aliphatic heterocycles. The highest BCUT2D eigenvalue weighted by atomic mass is 19.3. The number of carboxylic acids is 1. The third-order valence-electron chi connectivity index (χ3n) is 7.54. The number of rotatable bonds is 15. The van der Waals surface area contributed by atoms with Crippen LogP contribution in [0.3, 0.4) is 0 Å². The van der Waals surface area contributed by atoms with E-state index in [2.05, 4.69) is 56.1 Å². The maximum Gasteiger partial charge on any atom is 0.375 e. The van der Waals surface area contributed by atoms with Crippen LogP contribution in [-0.2, 0) is 0 Å². The number of carboxylic acid groups (broad SMARTS) is 1. The van der Waals surface area contributed by atoms with Crippen LogP contribution >= 0.6 is 0 Å². The van der Waals surface area contributed by atoms with E-state index < -0.39 is 23.9 Å². The molecule has 12 nitrogen and oxygen atoms in total. The van der Waals surface area contributed by atoms with Crippen LogP contribution in [0.5, 0.6) is 0 Å². The molecule has 0 amide bonds. The number of unbranched alkanes of at least 4 members (excludes halogenated alkanes) is 7. The summed E-state index contributed by atoms with van der Waals surface area (Å²) in [6.45, 7) is 8.82. The summed E-state index contributed by atoms with van der Waals surface area (Å²) in [4.78, 5) is 43.9. The topological polar surface area (TPSA) is 153 Å². The van der Waals surface area contributed by atoms with Gasteiger partial charge in [0.15, 0.2) is 5.78 Å². The summed E-state index contributed by atoms with van der Waals surface area (Å²) in [5.74, 6) is -2.14. The van der Waals surface area contributed by atoms with Crippen molar-refractivity contribution in [2.75, 3.05) is 11.9 Å². The number of aromatic carboxylic acids is 1. The van der Waals surface area contributed by atoms with Gasteiger partial charge in [-0.1, -0.05) is 51.9 Å². The lowest BCUT2D eigenvalue weighted by Gasteiger charge is -2.08. The van der Waals surface area contributed by atoms with Gasteiger partial charge in [-0.15, -0.1) is 5.10 Å². The van der Waals surface area contributed by atoms with E-state index in [1.165, 1.54) is 58.2 Å². The van der Waals surface area contributed by atoms with Crippen LogP contribution in [0.4, 0.5) is 14.5 Å². The number of carbonyl (C=O) groups is 2. The number of hydrogen-bond acceptors (Lipinski definition) is 9. The van der Waals surface area contributed by atoms with Crippen molar-refractivity contribution >= 4 is 34.3 Å². The zero-order chi connectivity index (χ0) is 33.9. The van der Waals surface area contributed by atoms with Gasteiger partial charge in [0.1, 0.15) is 17.7 Å². The Morgan fingerprint density at radius 1 is 0.957 bits per heavy atom. The molecule has 2 N–H and O–H groups in total. The molecule has 0 radical (unpaired) electrons. The van der Waals surface area contributed by atoms with E-state index in [-0.39, 0.29) is 17.6 Å². The lowest BCUT2D eigenvalue weighted by atomic mass is 10.1. The second-order valence-electron chi connectivity index (χ2n) is 11.6. The van der Waals surface area contributed by atoms with Crippen molar-refractivity contribution in [1.29, 1.82) is 0 Å². The molecule has 0 bridgehead atoms. The van der Waals surface area contributed by atoms with Gasteiger partial charge in [0.25, 0.3) is 18.0 Å². The van der Waals surface area contributed by atoms with Crippen LogP contribution in [0.1, 0.15) is 123 Å². The molecule has 0 saturated carbocycles. The summed E-state index contributed by atoms with van der Waals surface area (Å²) in [5, 5.41) is 16.3. The molecular formula is C33H41F2N9O3. The molecule has 5 rings (SSSR count). The SMILES string of the molecule is CCCCCCCCCCNc1cncc(C(=O)c2cn(C(C)C)c3ncncc23)c1.Cc1cc(C(F)F)n2nc(C(=O)O)nc2n1.